The van der Waals surface area contributed by atoms with E-state index in [9.17, 15) is 29.4 Å². The third-order valence-corrected chi connectivity index (χ3v) is 7.91. The number of aromatic carboxylic acids is 2. The molecule has 0 amide bonds. The van der Waals surface area contributed by atoms with Gasteiger partial charge in [0, 0.05) is 36.3 Å². The quantitative estimate of drug-likeness (QED) is 0.208. The molecule has 4 aromatic carbocycles. The first-order valence-electron chi connectivity index (χ1n) is 15.2. The van der Waals surface area contributed by atoms with Crippen LogP contribution in [0.5, 0.6) is 0 Å². The Morgan fingerprint density at radius 1 is 0.551 bits per heavy atom. The van der Waals surface area contributed by atoms with Gasteiger partial charge in [0.1, 0.15) is 0 Å². The third-order valence-electron chi connectivity index (χ3n) is 7.91. The van der Waals surface area contributed by atoms with Crippen LogP contribution >= 0.6 is 0 Å². The number of hydrogen-bond donors (Lipinski definition) is 2. The van der Waals surface area contributed by atoms with Crippen LogP contribution in [0.15, 0.2) is 119 Å². The largest absolute Gasteiger partial charge is 2.00 e. The Morgan fingerprint density at radius 3 is 1.24 bits per heavy atom. The molecule has 0 aliphatic heterocycles. The summed E-state index contributed by atoms with van der Waals surface area (Å²) in [6.07, 6.45) is 3.75. The van der Waals surface area contributed by atoms with E-state index in [-0.39, 0.29) is 49.4 Å². The molecule has 0 spiro atoms. The number of carbonyl (C=O) groups is 2. The van der Waals surface area contributed by atoms with Crippen LogP contribution in [0.1, 0.15) is 43.0 Å². The molecule has 2 heterocycles. The van der Waals surface area contributed by atoms with Gasteiger partial charge in [-0.15, -0.1) is 0 Å². The van der Waals surface area contributed by atoms with E-state index in [2.05, 4.69) is 0 Å². The van der Waals surface area contributed by atoms with Crippen LogP contribution in [0.3, 0.4) is 0 Å². The molecule has 2 N–H and O–H groups in total. The van der Waals surface area contributed by atoms with Crippen molar-refractivity contribution in [1.29, 1.82) is 0 Å². The van der Waals surface area contributed by atoms with E-state index in [4.69, 9.17) is 10.2 Å². The van der Waals surface area contributed by atoms with E-state index in [1.165, 1.54) is 12.4 Å². The summed E-state index contributed by atoms with van der Waals surface area (Å²) in [5.74, 6) is -3.02. The monoisotopic (exact) mass is 668 g/mol. The van der Waals surface area contributed by atoms with Gasteiger partial charge in [-0.05, 0) is 59.4 Å². The number of benzene rings is 4. The molecule has 0 fully saturated rings. The number of carboxylic acids is 2. The zero-order valence-corrected chi connectivity index (χ0v) is 28.0. The molecule has 0 unspecified atom stereocenters. The minimum absolute atomic E-state index is 0. The summed E-state index contributed by atoms with van der Waals surface area (Å²) in [6, 6.07) is 30.4. The zero-order chi connectivity index (χ0) is 34.2. The van der Waals surface area contributed by atoms with Crippen LogP contribution in [-0.4, -0.2) is 67.6 Å². The summed E-state index contributed by atoms with van der Waals surface area (Å²) < 4.78 is 3.13. The predicted molar refractivity (Wildman–Crippen MR) is 183 cm³/mol. The molecule has 11 heteroatoms. The van der Waals surface area contributed by atoms with Crippen LogP contribution in [-0.2, 0) is 25.9 Å². The molecule has 49 heavy (non-hydrogen) atoms. The van der Waals surface area contributed by atoms with Crippen LogP contribution in [0.2, 0.25) is 0 Å². The summed E-state index contributed by atoms with van der Waals surface area (Å²) in [7, 11) is 0. The number of hydrogen-bond acceptors (Lipinski definition) is 8. The van der Waals surface area contributed by atoms with Gasteiger partial charge in [-0.25, -0.2) is 0 Å². The van der Waals surface area contributed by atoms with E-state index >= 15 is 0 Å². The molecule has 0 saturated heterocycles. The third kappa shape index (κ3) is 8.70. The molecule has 0 bridgehead atoms. The maximum absolute atomic E-state index is 12.4. The first-order chi connectivity index (χ1) is 23.2. The Balaban J connectivity index is 0.000000216. The molecule has 0 radical (unpaired) electrons. The van der Waals surface area contributed by atoms with Crippen LogP contribution in [0.25, 0.3) is 21.8 Å². The minimum Gasteiger partial charge on any atom is -0.545 e. The first-order valence-corrected chi connectivity index (χ1v) is 15.2. The number of aliphatic hydroxyl groups is 2. The zero-order valence-electron chi connectivity index (χ0n) is 26.6. The number of aromatic nitrogens is 2. The molecule has 0 atom stereocenters. The topological polar surface area (TPSA) is 165 Å². The molecule has 0 saturated carbocycles. The van der Waals surface area contributed by atoms with Gasteiger partial charge in [-0.3, -0.25) is 9.59 Å². The van der Waals surface area contributed by atoms with Crippen molar-refractivity contribution in [2.45, 2.75) is 25.9 Å². The fourth-order valence-electron chi connectivity index (χ4n) is 5.65. The van der Waals surface area contributed by atoms with Crippen molar-refractivity contribution in [2.24, 2.45) is 0 Å². The number of fused-ring (bicyclic) bond motifs is 2. The van der Waals surface area contributed by atoms with Gasteiger partial charge < -0.3 is 39.1 Å². The number of rotatable bonds is 10. The van der Waals surface area contributed by atoms with Crippen LogP contribution in [0.4, 0.5) is 0 Å². The van der Waals surface area contributed by atoms with Crippen LogP contribution in [0, 0.1) is 0 Å². The summed E-state index contributed by atoms with van der Waals surface area (Å²) in [5, 5.41) is 41.4. The summed E-state index contributed by atoms with van der Waals surface area (Å²) >= 11 is 0. The number of pyridine rings is 2. The van der Waals surface area contributed by atoms with Crippen molar-refractivity contribution in [2.75, 3.05) is 13.2 Å². The average molecular weight is 669 g/mol. The van der Waals surface area contributed by atoms with Crippen molar-refractivity contribution in [3.8, 4) is 0 Å². The van der Waals surface area contributed by atoms with Gasteiger partial charge in [-0.1, -0.05) is 72.8 Å². The van der Waals surface area contributed by atoms with Crippen molar-refractivity contribution in [3.63, 3.8) is 0 Å². The molecular formula is C38H32MgN2O8. The number of carboxylic acid groups (broad SMARTS) is 2. The Bertz CT molecular complexity index is 2060. The predicted octanol–water partition coefficient (Wildman–Crippen LogP) is 1.52. The number of aliphatic hydroxyl groups excluding tert-OH is 2. The fraction of sp³-hybridized carbons (Fsp3) is 0.158. The summed E-state index contributed by atoms with van der Waals surface area (Å²) in [5.41, 5.74) is 3.30. The minimum atomic E-state index is -1.51. The van der Waals surface area contributed by atoms with Gasteiger partial charge >= 0.3 is 23.1 Å². The standard InChI is InChI=1S/2C19H17NO4.Mg/c2*21-9-8-20-12-16(19(23)24)18(22)15-11-14(6-7-17(15)20)10-13-4-2-1-3-5-13;/h2*1-7,11-12,21H,8-10H2,(H,23,24);/q;;+2/p-2. The van der Waals surface area contributed by atoms with E-state index < -0.39 is 33.9 Å². The number of nitrogens with zero attached hydrogens (tertiary/aromatic N) is 2. The Kier molecular flexibility index (Phi) is 12.6. The Morgan fingerprint density at radius 2 is 0.918 bits per heavy atom. The SMILES string of the molecule is O=C([O-])c1cn(CCO)c2ccc(Cc3ccccc3)cc2c1=O.O=C([O-])c1cn(CCO)c2ccc(Cc3ccccc3)cc2c1=O.[Mg+2]. The smallest absolute Gasteiger partial charge is 0.545 e. The molecular weight excluding hydrogens is 637 g/mol. The molecule has 244 valence electrons. The maximum Gasteiger partial charge on any atom is 2.00 e. The molecule has 6 aromatic rings. The second kappa shape index (κ2) is 16.8. The van der Waals surface area contributed by atoms with Gasteiger partial charge in [0.2, 0.25) is 0 Å². The van der Waals surface area contributed by atoms with E-state index in [1.807, 2.05) is 72.8 Å². The van der Waals surface area contributed by atoms with Crippen molar-refractivity contribution >= 4 is 56.8 Å². The van der Waals surface area contributed by atoms with E-state index in [1.54, 1.807) is 33.4 Å². The molecule has 10 nitrogen and oxygen atoms in total. The molecule has 0 aliphatic carbocycles. The van der Waals surface area contributed by atoms with E-state index in [0.717, 1.165) is 22.3 Å². The average Bonchev–Trinajstić information content (AvgIpc) is 3.08. The second-order valence-electron chi connectivity index (χ2n) is 11.2. The molecule has 0 aliphatic rings. The van der Waals surface area contributed by atoms with Crippen molar-refractivity contribution in [3.05, 3.63) is 163 Å². The second-order valence-corrected chi connectivity index (χ2v) is 11.2. The maximum atomic E-state index is 12.4. The Hall–Kier alpha value is -5.07. The molecule has 2 aromatic heterocycles. The van der Waals surface area contributed by atoms with Crippen molar-refractivity contribution in [1.82, 2.24) is 9.13 Å². The Labute approximate surface area is 297 Å². The first kappa shape index (κ1) is 36.8. The van der Waals surface area contributed by atoms with Gasteiger partial charge in [0.15, 0.2) is 10.9 Å². The fourth-order valence-corrected chi connectivity index (χ4v) is 5.65. The number of carbonyl (C=O) groups excluding carboxylic acids is 2. The summed E-state index contributed by atoms with van der Waals surface area (Å²) in [6.45, 7) is 0.0939. The normalized spacial score (nSPS) is 10.7. The van der Waals surface area contributed by atoms with Crippen molar-refractivity contribution < 1.29 is 30.0 Å². The van der Waals surface area contributed by atoms with Gasteiger partial charge in [0.05, 0.1) is 47.3 Å². The van der Waals surface area contributed by atoms with Gasteiger partial charge in [-0.2, -0.15) is 0 Å². The van der Waals surface area contributed by atoms with Gasteiger partial charge in [0.25, 0.3) is 0 Å². The van der Waals surface area contributed by atoms with Crippen LogP contribution < -0.4 is 21.1 Å². The van der Waals surface area contributed by atoms with E-state index in [0.29, 0.717) is 34.6 Å². The molecule has 6 rings (SSSR count). The summed E-state index contributed by atoms with van der Waals surface area (Å²) in [4.78, 5) is 47.3.